The number of hydrogen-bond acceptors (Lipinski definition) is 2. The van der Waals surface area contributed by atoms with Gasteiger partial charge >= 0.3 is 0 Å². The van der Waals surface area contributed by atoms with Crippen molar-refractivity contribution in [2.75, 3.05) is 0 Å². The maximum Gasteiger partial charge on any atom is 0.254 e. The molecule has 1 heterocycles. The maximum atomic E-state index is 12.5. The summed E-state index contributed by atoms with van der Waals surface area (Å²) in [6, 6.07) is 7.74. The number of carbonyl (C=O) groups excluding carboxylic acids is 2. The summed E-state index contributed by atoms with van der Waals surface area (Å²) in [7, 11) is 0. The molecule has 2 aromatic rings. The number of nitrogens with one attached hydrogen (secondary N) is 1. The molecule has 0 spiro atoms. The first-order valence-electron chi connectivity index (χ1n) is 7.07. The summed E-state index contributed by atoms with van der Waals surface area (Å²) in [5.74, 6) is -0.849. The molecule has 2 rings (SSSR count). The number of hydrogen-bond donors (Lipinski definition) is 2. The average molecular weight is 287 g/mol. The Labute approximate surface area is 124 Å². The predicted octanol–water partition coefficient (Wildman–Crippen LogP) is 2.04. The number of aromatic nitrogens is 1. The van der Waals surface area contributed by atoms with Gasteiger partial charge in [-0.05, 0) is 26.3 Å². The number of nitrogens with zero attached hydrogens (tertiary/aromatic N) is 1. The van der Waals surface area contributed by atoms with Crippen molar-refractivity contribution in [3.63, 3.8) is 0 Å². The second-order valence-corrected chi connectivity index (χ2v) is 5.70. The number of para-hydroxylation sites is 1. The summed E-state index contributed by atoms with van der Waals surface area (Å²) in [5, 5.41) is 3.57. The Hall–Kier alpha value is -2.30. The molecule has 0 saturated heterocycles. The molecule has 3 N–H and O–H groups in total. The highest BCUT2D eigenvalue weighted by Gasteiger charge is 2.28. The minimum absolute atomic E-state index is 0.287. The highest BCUT2D eigenvalue weighted by Crippen LogP contribution is 2.22. The van der Waals surface area contributed by atoms with Crippen LogP contribution < -0.4 is 11.1 Å². The van der Waals surface area contributed by atoms with Crippen LogP contribution in [-0.2, 0) is 11.3 Å². The molecule has 2 amide bonds. The molecule has 0 saturated carbocycles. The van der Waals surface area contributed by atoms with Crippen LogP contribution in [0.1, 0.15) is 37.6 Å². The van der Waals surface area contributed by atoms with E-state index in [0.29, 0.717) is 5.56 Å². The molecule has 21 heavy (non-hydrogen) atoms. The standard InChI is InChI=1S/C16H21N3O2/c1-4-9-19-10-12(11-7-5-6-8-13(11)19)14(20)18-16(2,3)15(17)21/h5-8,10H,4,9H2,1-3H3,(H2,17,21)(H,18,20). The molecular weight excluding hydrogens is 266 g/mol. The SMILES string of the molecule is CCCn1cc(C(=O)NC(C)(C)C(N)=O)c2ccccc21. The van der Waals surface area contributed by atoms with Gasteiger partial charge in [-0.15, -0.1) is 0 Å². The van der Waals surface area contributed by atoms with Crippen molar-refractivity contribution >= 4 is 22.7 Å². The fraction of sp³-hybridized carbons (Fsp3) is 0.375. The number of amides is 2. The molecule has 112 valence electrons. The third-order valence-electron chi connectivity index (χ3n) is 3.54. The first-order valence-corrected chi connectivity index (χ1v) is 7.07. The van der Waals surface area contributed by atoms with Crippen LogP contribution in [0.2, 0.25) is 0 Å². The first kappa shape index (κ1) is 15.1. The largest absolute Gasteiger partial charge is 0.368 e. The summed E-state index contributed by atoms with van der Waals surface area (Å²) < 4.78 is 2.06. The van der Waals surface area contributed by atoms with Gasteiger partial charge in [-0.25, -0.2) is 0 Å². The lowest BCUT2D eigenvalue weighted by atomic mass is 10.0. The molecule has 0 unspecified atom stereocenters. The van der Waals surface area contributed by atoms with Crippen molar-refractivity contribution in [3.05, 3.63) is 36.0 Å². The van der Waals surface area contributed by atoms with E-state index in [-0.39, 0.29) is 5.91 Å². The van der Waals surface area contributed by atoms with Gasteiger partial charge in [0.25, 0.3) is 5.91 Å². The van der Waals surface area contributed by atoms with E-state index < -0.39 is 11.4 Å². The van der Waals surface area contributed by atoms with Crippen LogP contribution >= 0.6 is 0 Å². The Morgan fingerprint density at radius 2 is 1.95 bits per heavy atom. The van der Waals surface area contributed by atoms with E-state index in [4.69, 9.17) is 5.73 Å². The quantitative estimate of drug-likeness (QED) is 0.883. The number of rotatable bonds is 5. The summed E-state index contributed by atoms with van der Waals surface area (Å²) in [4.78, 5) is 23.8. The molecule has 0 bridgehead atoms. The van der Waals surface area contributed by atoms with Crippen LogP contribution in [0, 0.1) is 0 Å². The molecule has 0 fully saturated rings. The Morgan fingerprint density at radius 3 is 2.57 bits per heavy atom. The Bertz CT molecular complexity index is 686. The fourth-order valence-electron chi connectivity index (χ4n) is 2.27. The normalized spacial score (nSPS) is 11.6. The first-order chi connectivity index (χ1) is 9.86. The highest BCUT2D eigenvalue weighted by molar-refractivity contribution is 6.08. The molecule has 5 heteroatoms. The monoisotopic (exact) mass is 287 g/mol. The highest BCUT2D eigenvalue weighted by atomic mass is 16.2. The molecule has 0 aliphatic heterocycles. The van der Waals surface area contributed by atoms with E-state index in [1.807, 2.05) is 30.5 Å². The molecule has 0 atom stereocenters. The zero-order valence-corrected chi connectivity index (χ0v) is 12.6. The topological polar surface area (TPSA) is 77.1 Å². The molecule has 0 aliphatic rings. The van der Waals surface area contributed by atoms with Crippen molar-refractivity contribution in [2.45, 2.75) is 39.3 Å². The van der Waals surface area contributed by atoms with Crippen LogP contribution in [-0.4, -0.2) is 21.9 Å². The van der Waals surface area contributed by atoms with Gasteiger partial charge in [0.1, 0.15) is 5.54 Å². The number of primary amides is 1. The lowest BCUT2D eigenvalue weighted by Crippen LogP contribution is -2.52. The maximum absolute atomic E-state index is 12.5. The molecule has 0 radical (unpaired) electrons. The van der Waals surface area contributed by atoms with Crippen molar-refractivity contribution < 1.29 is 9.59 Å². The number of nitrogens with two attached hydrogens (primary N) is 1. The van der Waals surface area contributed by atoms with Crippen molar-refractivity contribution in [1.29, 1.82) is 0 Å². The van der Waals surface area contributed by atoms with Gasteiger partial charge in [0.2, 0.25) is 5.91 Å². The Balaban J connectivity index is 2.42. The van der Waals surface area contributed by atoms with E-state index in [0.717, 1.165) is 23.9 Å². The fourth-order valence-corrected chi connectivity index (χ4v) is 2.27. The number of aryl methyl sites for hydroxylation is 1. The minimum atomic E-state index is -1.08. The van der Waals surface area contributed by atoms with Gasteiger partial charge < -0.3 is 15.6 Å². The van der Waals surface area contributed by atoms with Gasteiger partial charge in [0.05, 0.1) is 5.56 Å². The zero-order valence-electron chi connectivity index (χ0n) is 12.6. The third-order valence-corrected chi connectivity index (χ3v) is 3.54. The number of benzene rings is 1. The minimum Gasteiger partial charge on any atom is -0.368 e. The molecule has 1 aromatic heterocycles. The second-order valence-electron chi connectivity index (χ2n) is 5.70. The van der Waals surface area contributed by atoms with Crippen molar-refractivity contribution in [2.24, 2.45) is 5.73 Å². The van der Waals surface area contributed by atoms with Crippen LogP contribution in [0.15, 0.2) is 30.5 Å². The predicted molar refractivity (Wildman–Crippen MR) is 83.0 cm³/mol. The van der Waals surface area contributed by atoms with E-state index in [1.165, 1.54) is 0 Å². The lowest BCUT2D eigenvalue weighted by molar-refractivity contribution is -0.122. The van der Waals surface area contributed by atoms with Gasteiger partial charge in [-0.1, -0.05) is 25.1 Å². The number of carbonyl (C=O) groups is 2. The van der Waals surface area contributed by atoms with E-state index >= 15 is 0 Å². The van der Waals surface area contributed by atoms with Gasteiger partial charge in [-0.3, -0.25) is 9.59 Å². The molecule has 1 aromatic carbocycles. The lowest BCUT2D eigenvalue weighted by Gasteiger charge is -2.21. The van der Waals surface area contributed by atoms with Crippen molar-refractivity contribution in [1.82, 2.24) is 9.88 Å². The summed E-state index contributed by atoms with van der Waals surface area (Å²) >= 11 is 0. The van der Waals surface area contributed by atoms with Crippen molar-refractivity contribution in [3.8, 4) is 0 Å². The molecule has 0 aliphatic carbocycles. The van der Waals surface area contributed by atoms with Gasteiger partial charge in [0.15, 0.2) is 0 Å². The summed E-state index contributed by atoms with van der Waals surface area (Å²) in [6.07, 6.45) is 2.81. The van der Waals surface area contributed by atoms with Crippen LogP contribution in [0.3, 0.4) is 0 Å². The Morgan fingerprint density at radius 1 is 1.29 bits per heavy atom. The van der Waals surface area contributed by atoms with Crippen LogP contribution in [0.5, 0.6) is 0 Å². The van der Waals surface area contributed by atoms with Crippen LogP contribution in [0.25, 0.3) is 10.9 Å². The van der Waals surface area contributed by atoms with E-state index in [2.05, 4.69) is 16.8 Å². The molecule has 5 nitrogen and oxygen atoms in total. The summed E-state index contributed by atoms with van der Waals surface area (Å²) in [5.41, 5.74) is 5.80. The van der Waals surface area contributed by atoms with Crippen LogP contribution in [0.4, 0.5) is 0 Å². The van der Waals surface area contributed by atoms with E-state index in [9.17, 15) is 9.59 Å². The average Bonchev–Trinajstić information content (AvgIpc) is 2.78. The van der Waals surface area contributed by atoms with Gasteiger partial charge in [0, 0.05) is 23.6 Å². The van der Waals surface area contributed by atoms with Gasteiger partial charge in [-0.2, -0.15) is 0 Å². The van der Waals surface area contributed by atoms with E-state index in [1.54, 1.807) is 13.8 Å². The summed E-state index contributed by atoms with van der Waals surface area (Å²) in [6.45, 7) is 6.12. The second kappa shape index (κ2) is 5.60. The smallest absolute Gasteiger partial charge is 0.254 e. The number of fused-ring (bicyclic) bond motifs is 1. The third kappa shape index (κ3) is 2.91. The zero-order chi connectivity index (χ0) is 15.6. The Kier molecular flexibility index (Phi) is 4.02. The molecular formula is C16H21N3O2.